The summed E-state index contributed by atoms with van der Waals surface area (Å²) < 4.78 is 6.24. The van der Waals surface area contributed by atoms with E-state index < -0.39 is 0 Å². The fourth-order valence-electron chi connectivity index (χ4n) is 6.32. The predicted octanol–water partition coefficient (Wildman–Crippen LogP) is 10.3. The Morgan fingerprint density at radius 1 is 0.771 bits per heavy atom. The second kappa shape index (κ2) is 13.0. The molecule has 0 amide bonds. The summed E-state index contributed by atoms with van der Waals surface area (Å²) in [6, 6.07) is 26.6. The van der Waals surface area contributed by atoms with Crippen LogP contribution in [0.3, 0.4) is 0 Å². The average molecular weight is 469 g/mol. The Hall–Kier alpha value is -2.54. The first-order valence-corrected chi connectivity index (χ1v) is 14.2. The molecule has 4 rings (SSSR count). The van der Waals surface area contributed by atoms with E-state index in [4.69, 9.17) is 4.74 Å². The van der Waals surface area contributed by atoms with Gasteiger partial charge in [0, 0.05) is 5.56 Å². The van der Waals surface area contributed by atoms with Gasteiger partial charge in [-0.15, -0.1) is 0 Å². The minimum Gasteiger partial charge on any atom is -0.493 e. The van der Waals surface area contributed by atoms with Crippen molar-refractivity contribution in [2.45, 2.75) is 84.5 Å². The molecular formula is C34H44O. The second-order valence-electron chi connectivity index (χ2n) is 10.4. The maximum absolute atomic E-state index is 6.24. The topological polar surface area (TPSA) is 9.23 Å². The second-order valence-corrected chi connectivity index (χ2v) is 10.4. The fraction of sp³-hybridized carbons (Fsp3) is 0.471. The number of unbranched alkanes of at least 4 members (excludes halogenated alkanes) is 2. The van der Waals surface area contributed by atoms with Crippen molar-refractivity contribution in [3.63, 3.8) is 0 Å². The maximum atomic E-state index is 6.24. The highest BCUT2D eigenvalue weighted by Gasteiger charge is 2.31. The van der Waals surface area contributed by atoms with E-state index in [1.807, 2.05) is 0 Å². The van der Waals surface area contributed by atoms with Crippen LogP contribution in [-0.4, -0.2) is 6.61 Å². The van der Waals surface area contributed by atoms with Crippen LogP contribution < -0.4 is 4.74 Å². The van der Waals surface area contributed by atoms with E-state index in [0.717, 1.165) is 17.6 Å². The van der Waals surface area contributed by atoms with Crippen molar-refractivity contribution in [3.8, 4) is 28.0 Å². The van der Waals surface area contributed by atoms with E-state index in [9.17, 15) is 0 Å². The zero-order chi connectivity index (χ0) is 24.5. The van der Waals surface area contributed by atoms with Crippen molar-refractivity contribution >= 4 is 0 Å². The first-order valence-electron chi connectivity index (χ1n) is 14.2. The van der Waals surface area contributed by atoms with E-state index in [2.05, 4.69) is 93.6 Å². The third kappa shape index (κ3) is 6.37. The largest absolute Gasteiger partial charge is 0.493 e. The van der Waals surface area contributed by atoms with Gasteiger partial charge in [-0.05, 0) is 65.8 Å². The monoisotopic (exact) mass is 468 g/mol. The van der Waals surface area contributed by atoms with Crippen molar-refractivity contribution in [2.75, 3.05) is 6.61 Å². The predicted molar refractivity (Wildman–Crippen MR) is 151 cm³/mol. The van der Waals surface area contributed by atoms with Gasteiger partial charge in [-0.3, -0.25) is 0 Å². The molecule has 3 unspecified atom stereocenters. The Morgan fingerprint density at radius 3 is 2.20 bits per heavy atom. The molecule has 0 spiro atoms. The summed E-state index contributed by atoms with van der Waals surface area (Å²) in [7, 11) is 0. The number of hydrogen-bond acceptors (Lipinski definition) is 1. The van der Waals surface area contributed by atoms with Gasteiger partial charge in [-0.25, -0.2) is 0 Å². The molecule has 3 aromatic rings. The lowest BCUT2D eigenvalue weighted by Gasteiger charge is -2.37. The Morgan fingerprint density at radius 2 is 1.49 bits per heavy atom. The van der Waals surface area contributed by atoms with Crippen LogP contribution in [0.1, 0.15) is 90.0 Å². The molecule has 3 aromatic carbocycles. The van der Waals surface area contributed by atoms with E-state index in [1.54, 1.807) is 0 Å². The molecule has 0 aromatic heterocycles. The summed E-state index contributed by atoms with van der Waals surface area (Å²) in [5, 5.41) is 0. The third-order valence-electron chi connectivity index (χ3n) is 8.14. The van der Waals surface area contributed by atoms with Gasteiger partial charge in [0.05, 0.1) is 6.61 Å². The summed E-state index contributed by atoms with van der Waals surface area (Å²) in [6.07, 6.45) is 12.4. The molecule has 1 heteroatoms. The molecule has 1 nitrogen and oxygen atoms in total. The van der Waals surface area contributed by atoms with Gasteiger partial charge >= 0.3 is 0 Å². The van der Waals surface area contributed by atoms with Gasteiger partial charge in [0.2, 0.25) is 0 Å². The van der Waals surface area contributed by atoms with Crippen molar-refractivity contribution in [2.24, 2.45) is 11.8 Å². The number of benzene rings is 3. The van der Waals surface area contributed by atoms with E-state index in [-0.39, 0.29) is 0 Å². The van der Waals surface area contributed by atoms with Crippen LogP contribution in [-0.2, 0) is 0 Å². The Kier molecular flexibility index (Phi) is 9.46. The molecule has 1 fully saturated rings. The Bertz CT molecular complexity index is 1020. The molecule has 0 aliphatic heterocycles. The highest BCUT2D eigenvalue weighted by molar-refractivity contribution is 5.74. The van der Waals surface area contributed by atoms with E-state index in [1.165, 1.54) is 85.6 Å². The lowest BCUT2D eigenvalue weighted by atomic mass is 9.68. The molecule has 1 saturated carbocycles. The summed E-state index contributed by atoms with van der Waals surface area (Å²) in [5.41, 5.74) is 6.41. The van der Waals surface area contributed by atoms with Crippen LogP contribution in [0, 0.1) is 11.8 Å². The highest BCUT2D eigenvalue weighted by Crippen LogP contribution is 2.45. The summed E-state index contributed by atoms with van der Waals surface area (Å²) in [4.78, 5) is 0. The van der Waals surface area contributed by atoms with Crippen LogP contribution in [0.2, 0.25) is 0 Å². The first-order chi connectivity index (χ1) is 17.2. The van der Waals surface area contributed by atoms with Gasteiger partial charge < -0.3 is 4.74 Å². The molecule has 0 saturated heterocycles. The van der Waals surface area contributed by atoms with Crippen LogP contribution in [0.15, 0.2) is 72.8 Å². The molecule has 0 bridgehead atoms. The number of hydrogen-bond donors (Lipinski definition) is 0. The van der Waals surface area contributed by atoms with Crippen LogP contribution in [0.4, 0.5) is 0 Å². The summed E-state index contributed by atoms with van der Waals surface area (Å²) in [6.45, 7) is 7.49. The molecule has 1 aliphatic carbocycles. The lowest BCUT2D eigenvalue weighted by molar-refractivity contribution is 0.182. The van der Waals surface area contributed by atoms with Crippen molar-refractivity contribution in [1.82, 2.24) is 0 Å². The van der Waals surface area contributed by atoms with Gasteiger partial charge in [-0.2, -0.15) is 0 Å². The van der Waals surface area contributed by atoms with Crippen LogP contribution >= 0.6 is 0 Å². The van der Waals surface area contributed by atoms with Crippen LogP contribution in [0.5, 0.6) is 5.75 Å². The number of ether oxygens (including phenoxy) is 1. The lowest BCUT2D eigenvalue weighted by Crippen LogP contribution is -2.25. The molecule has 3 atom stereocenters. The Labute approximate surface area is 213 Å². The standard InChI is InChI=1S/C34H44O/c1-4-7-9-16-28-17-12-13-18-32(28)31(5-2)30-23-24-33(34(25-30)35-6-3)29-21-19-27(20-22-29)26-14-10-8-11-15-26/h8,10-11,14-15,19-25,28,31-32H,4-7,9,12-13,16-18H2,1-3H3. The average Bonchev–Trinajstić information content (AvgIpc) is 2.91. The summed E-state index contributed by atoms with van der Waals surface area (Å²) >= 11 is 0. The first kappa shape index (κ1) is 25.5. The van der Waals surface area contributed by atoms with E-state index >= 15 is 0 Å². The normalized spacial score (nSPS) is 18.8. The summed E-state index contributed by atoms with van der Waals surface area (Å²) in [5.74, 6) is 3.38. The minimum absolute atomic E-state index is 0.635. The zero-order valence-corrected chi connectivity index (χ0v) is 22.1. The van der Waals surface area contributed by atoms with Gasteiger partial charge in [-0.1, -0.05) is 126 Å². The van der Waals surface area contributed by atoms with Gasteiger partial charge in [0.25, 0.3) is 0 Å². The van der Waals surface area contributed by atoms with Crippen molar-refractivity contribution in [1.29, 1.82) is 0 Å². The smallest absolute Gasteiger partial charge is 0.127 e. The zero-order valence-electron chi connectivity index (χ0n) is 22.1. The van der Waals surface area contributed by atoms with Gasteiger partial charge in [0.15, 0.2) is 0 Å². The van der Waals surface area contributed by atoms with E-state index in [0.29, 0.717) is 12.5 Å². The Balaban J connectivity index is 1.59. The molecule has 35 heavy (non-hydrogen) atoms. The van der Waals surface area contributed by atoms with Crippen LogP contribution in [0.25, 0.3) is 22.3 Å². The van der Waals surface area contributed by atoms with Gasteiger partial charge in [0.1, 0.15) is 5.75 Å². The quantitative estimate of drug-likeness (QED) is 0.254. The SMILES string of the molecule is CCCCCC1CCCCC1C(CC)c1ccc(-c2ccc(-c3ccccc3)cc2)c(OCC)c1. The highest BCUT2D eigenvalue weighted by atomic mass is 16.5. The maximum Gasteiger partial charge on any atom is 0.127 e. The molecule has 0 radical (unpaired) electrons. The molecule has 0 N–H and O–H groups in total. The third-order valence-corrected chi connectivity index (χ3v) is 8.14. The molecule has 1 aliphatic rings. The van der Waals surface area contributed by atoms with Crippen molar-refractivity contribution in [3.05, 3.63) is 78.4 Å². The minimum atomic E-state index is 0.635. The molecular weight excluding hydrogens is 424 g/mol. The van der Waals surface area contributed by atoms with Crippen molar-refractivity contribution < 1.29 is 4.74 Å². The molecule has 0 heterocycles. The fourth-order valence-corrected chi connectivity index (χ4v) is 6.32. The molecule has 186 valence electrons. The number of rotatable bonds is 11.